The first-order valence-corrected chi connectivity index (χ1v) is 13.1. The molecule has 1 atom stereocenters. The molecule has 41 heavy (non-hydrogen) atoms. The van der Waals surface area contributed by atoms with Crippen LogP contribution in [0.3, 0.4) is 0 Å². The van der Waals surface area contributed by atoms with Gasteiger partial charge in [0.25, 0.3) is 0 Å². The summed E-state index contributed by atoms with van der Waals surface area (Å²) in [7, 11) is 1.69. The topological polar surface area (TPSA) is 148 Å². The van der Waals surface area contributed by atoms with Crippen molar-refractivity contribution in [3.8, 4) is 16.9 Å². The van der Waals surface area contributed by atoms with Crippen molar-refractivity contribution in [3.63, 3.8) is 0 Å². The zero-order valence-electron chi connectivity index (χ0n) is 22.4. The van der Waals surface area contributed by atoms with Crippen LogP contribution in [-0.4, -0.2) is 68.8 Å². The maximum absolute atomic E-state index is 13.9. The maximum Gasteiger partial charge on any atom is 0.354 e. The number of aromatic carboxylic acids is 2. The number of fused-ring (bicyclic) bond motifs is 1. The highest BCUT2D eigenvalue weighted by molar-refractivity contribution is 5.89. The summed E-state index contributed by atoms with van der Waals surface area (Å²) in [6.45, 7) is 3.63. The number of pyridine rings is 2. The van der Waals surface area contributed by atoms with Crippen LogP contribution >= 0.6 is 0 Å². The minimum Gasteiger partial charge on any atom is -0.478 e. The lowest BCUT2D eigenvalue weighted by Gasteiger charge is -2.16. The highest BCUT2D eigenvalue weighted by Crippen LogP contribution is 2.28. The lowest BCUT2D eigenvalue weighted by atomic mass is 10.0. The smallest absolute Gasteiger partial charge is 0.354 e. The van der Waals surface area contributed by atoms with Gasteiger partial charge in [-0.05, 0) is 55.3 Å². The largest absolute Gasteiger partial charge is 0.478 e. The van der Waals surface area contributed by atoms with E-state index < -0.39 is 11.9 Å². The fourth-order valence-electron chi connectivity index (χ4n) is 5.55. The van der Waals surface area contributed by atoms with Crippen LogP contribution in [0, 0.1) is 6.92 Å². The van der Waals surface area contributed by atoms with Crippen molar-refractivity contribution < 1.29 is 19.8 Å². The van der Waals surface area contributed by atoms with Crippen LogP contribution in [0.25, 0.3) is 28.1 Å². The van der Waals surface area contributed by atoms with Crippen LogP contribution in [0.1, 0.15) is 44.7 Å². The van der Waals surface area contributed by atoms with Crippen molar-refractivity contribution in [1.29, 1.82) is 0 Å². The van der Waals surface area contributed by atoms with E-state index in [1.54, 1.807) is 57.4 Å². The lowest BCUT2D eigenvalue weighted by molar-refractivity contribution is 0.0679. The number of imidazole rings is 2. The van der Waals surface area contributed by atoms with Gasteiger partial charge in [0, 0.05) is 31.9 Å². The molecule has 0 amide bonds. The van der Waals surface area contributed by atoms with Crippen molar-refractivity contribution in [2.45, 2.75) is 25.9 Å². The number of aromatic nitrogens is 6. The number of hydrogen-bond donors (Lipinski definition) is 2. The molecule has 2 N–H and O–H groups in total. The third-order valence-electron chi connectivity index (χ3n) is 7.67. The number of benzene rings is 1. The Morgan fingerprint density at radius 1 is 1.02 bits per heavy atom. The second-order valence-corrected chi connectivity index (χ2v) is 10.2. The molecule has 0 aliphatic carbocycles. The molecule has 0 radical (unpaired) electrons. The normalized spacial score (nSPS) is 15.5. The van der Waals surface area contributed by atoms with E-state index >= 15 is 0 Å². The van der Waals surface area contributed by atoms with E-state index in [1.807, 2.05) is 25.1 Å². The third kappa shape index (κ3) is 4.57. The number of likely N-dealkylation sites (tertiary alicyclic amines) is 1. The molecule has 1 unspecified atom stereocenters. The minimum atomic E-state index is -1.02. The second kappa shape index (κ2) is 10.1. The monoisotopic (exact) mass is 553 g/mol. The number of carbonyl (C=O) groups is 2. The van der Waals surface area contributed by atoms with Gasteiger partial charge < -0.3 is 14.8 Å². The first-order chi connectivity index (χ1) is 19.7. The Morgan fingerprint density at radius 2 is 1.85 bits per heavy atom. The second-order valence-electron chi connectivity index (χ2n) is 10.2. The van der Waals surface area contributed by atoms with Crippen molar-refractivity contribution in [2.24, 2.45) is 7.05 Å². The highest BCUT2D eigenvalue weighted by Gasteiger charge is 2.30. The van der Waals surface area contributed by atoms with E-state index in [2.05, 4.69) is 19.9 Å². The molecule has 12 heteroatoms. The maximum atomic E-state index is 13.9. The standard InChI is InChI=1S/C29H27N7O5/c1-17-12-18(27(37)38)5-7-21(17)22-8-6-19(13-31-22)35-23-4-3-10-30-26(23)36(29(35)41)20-9-11-34(15-20)16-25-32-14-24(28(39)40)33(25)2/h3-8,10,12-14,20H,9,11,15-16H2,1-2H3,(H,37,38)(H,39,40). The molecule has 5 heterocycles. The summed E-state index contributed by atoms with van der Waals surface area (Å²) >= 11 is 0. The Morgan fingerprint density at radius 3 is 2.54 bits per heavy atom. The summed E-state index contributed by atoms with van der Waals surface area (Å²) in [6.07, 6.45) is 5.40. The predicted molar refractivity (Wildman–Crippen MR) is 149 cm³/mol. The first-order valence-electron chi connectivity index (χ1n) is 13.1. The molecular formula is C29H27N7O5. The summed E-state index contributed by atoms with van der Waals surface area (Å²) in [5, 5.41) is 18.6. The quantitative estimate of drug-likeness (QED) is 0.310. The number of rotatable bonds is 7. The summed E-state index contributed by atoms with van der Waals surface area (Å²) in [5.74, 6) is -1.36. The Labute approximate surface area is 233 Å². The van der Waals surface area contributed by atoms with E-state index in [4.69, 9.17) is 0 Å². The molecular weight excluding hydrogens is 526 g/mol. The van der Waals surface area contributed by atoms with Gasteiger partial charge in [-0.2, -0.15) is 0 Å². The average Bonchev–Trinajstić information content (AvgIpc) is 3.64. The van der Waals surface area contributed by atoms with Crippen LogP contribution in [-0.2, 0) is 13.6 Å². The number of nitrogens with zero attached hydrogens (tertiary/aromatic N) is 7. The van der Waals surface area contributed by atoms with Crippen LogP contribution in [0.4, 0.5) is 0 Å². The predicted octanol–water partition coefficient (Wildman–Crippen LogP) is 3.13. The van der Waals surface area contributed by atoms with Crippen LogP contribution in [0.2, 0.25) is 0 Å². The molecule has 1 fully saturated rings. The van der Waals surface area contributed by atoms with E-state index in [0.29, 0.717) is 41.5 Å². The summed E-state index contributed by atoms with van der Waals surface area (Å²) in [4.78, 5) is 52.2. The van der Waals surface area contributed by atoms with Gasteiger partial charge in [-0.1, -0.05) is 6.07 Å². The SMILES string of the molecule is Cc1cc(C(=O)O)ccc1-c1ccc(-n2c(=O)n(C3CCN(Cc4ncc(C(=O)O)n4C)C3)c3ncccc32)cn1. The van der Waals surface area contributed by atoms with Gasteiger partial charge >= 0.3 is 17.6 Å². The molecule has 0 bridgehead atoms. The molecule has 1 aliphatic rings. The van der Waals surface area contributed by atoms with Crippen LogP contribution < -0.4 is 5.69 Å². The van der Waals surface area contributed by atoms with Gasteiger partial charge in [0.2, 0.25) is 0 Å². The molecule has 0 spiro atoms. The van der Waals surface area contributed by atoms with Gasteiger partial charge in [0.05, 0.1) is 47.4 Å². The average molecular weight is 554 g/mol. The van der Waals surface area contributed by atoms with E-state index in [0.717, 1.165) is 24.1 Å². The Bertz CT molecular complexity index is 1870. The van der Waals surface area contributed by atoms with Gasteiger partial charge in [-0.25, -0.2) is 24.4 Å². The van der Waals surface area contributed by atoms with Crippen molar-refractivity contribution in [2.75, 3.05) is 13.1 Å². The van der Waals surface area contributed by atoms with Gasteiger partial charge in [-0.15, -0.1) is 0 Å². The summed E-state index contributed by atoms with van der Waals surface area (Å²) < 4.78 is 4.92. The lowest BCUT2D eigenvalue weighted by Crippen LogP contribution is -2.29. The molecule has 1 aromatic carbocycles. The van der Waals surface area contributed by atoms with E-state index in [-0.39, 0.29) is 23.0 Å². The third-order valence-corrected chi connectivity index (χ3v) is 7.67. The zero-order valence-corrected chi connectivity index (χ0v) is 22.4. The Balaban J connectivity index is 1.30. The van der Waals surface area contributed by atoms with Gasteiger partial charge in [0.1, 0.15) is 11.5 Å². The Kier molecular flexibility index (Phi) is 6.46. The van der Waals surface area contributed by atoms with E-state index in [1.165, 1.54) is 6.20 Å². The van der Waals surface area contributed by atoms with Crippen molar-refractivity contribution in [3.05, 3.63) is 94.2 Å². The highest BCUT2D eigenvalue weighted by atomic mass is 16.4. The minimum absolute atomic E-state index is 0.122. The molecule has 12 nitrogen and oxygen atoms in total. The molecule has 1 saturated heterocycles. The molecule has 208 valence electrons. The fraction of sp³-hybridized carbons (Fsp3) is 0.241. The number of carboxylic acids is 2. The molecule has 6 rings (SSSR count). The summed E-state index contributed by atoms with van der Waals surface area (Å²) in [5.41, 5.74) is 4.25. The number of carboxylic acid groups (broad SMARTS) is 2. The van der Waals surface area contributed by atoms with Crippen LogP contribution in [0.5, 0.6) is 0 Å². The van der Waals surface area contributed by atoms with E-state index in [9.17, 15) is 24.6 Å². The fourth-order valence-corrected chi connectivity index (χ4v) is 5.55. The number of aryl methyl sites for hydroxylation is 1. The van der Waals surface area contributed by atoms with Crippen molar-refractivity contribution >= 4 is 23.1 Å². The van der Waals surface area contributed by atoms with Gasteiger partial charge in [0.15, 0.2) is 5.65 Å². The molecule has 1 aliphatic heterocycles. The Hall–Kier alpha value is -5.10. The summed E-state index contributed by atoms with van der Waals surface area (Å²) in [6, 6.07) is 12.1. The molecule has 0 saturated carbocycles. The van der Waals surface area contributed by atoms with Crippen LogP contribution in [0.15, 0.2) is 65.8 Å². The number of hydrogen-bond acceptors (Lipinski definition) is 7. The zero-order chi connectivity index (χ0) is 28.8. The molecule has 5 aromatic rings. The van der Waals surface area contributed by atoms with Crippen molar-refractivity contribution in [1.82, 2.24) is 33.6 Å². The van der Waals surface area contributed by atoms with Gasteiger partial charge in [-0.3, -0.25) is 19.0 Å². The first kappa shape index (κ1) is 26.1. The molecule has 4 aromatic heterocycles.